The molecule has 0 radical (unpaired) electrons. The van der Waals surface area contributed by atoms with Crippen LogP contribution in [0.5, 0.6) is 0 Å². The van der Waals surface area contributed by atoms with E-state index in [9.17, 15) is 4.21 Å². The molecule has 0 aliphatic carbocycles. The van der Waals surface area contributed by atoms with Gasteiger partial charge in [-0.15, -0.1) is 22.7 Å². The largest absolute Gasteiger partial charge is 0.352 e. The SMILES string of the molecule is C[C@@H]1CC[S@](=O)CCN1c1nc(-c2cccs2)nc2scc(-c3ccccc3)c12. The Morgan fingerprint density at radius 1 is 1.07 bits per heavy atom. The highest BCUT2D eigenvalue weighted by molar-refractivity contribution is 7.85. The van der Waals surface area contributed by atoms with Crippen molar-refractivity contribution in [1.29, 1.82) is 0 Å². The fraction of sp³-hybridized carbons (Fsp3) is 0.273. The van der Waals surface area contributed by atoms with E-state index in [1.165, 1.54) is 11.1 Å². The van der Waals surface area contributed by atoms with Crippen molar-refractivity contribution in [2.24, 2.45) is 0 Å². The molecule has 0 saturated carbocycles. The zero-order valence-electron chi connectivity index (χ0n) is 16.1. The summed E-state index contributed by atoms with van der Waals surface area (Å²) in [6, 6.07) is 14.8. The number of hydrogen-bond acceptors (Lipinski definition) is 6. The zero-order chi connectivity index (χ0) is 19.8. The molecule has 1 aliphatic heterocycles. The summed E-state index contributed by atoms with van der Waals surface area (Å²) in [5.74, 6) is 3.21. The second-order valence-corrected chi connectivity index (χ2v) is 10.7. The molecule has 0 N–H and O–H groups in total. The predicted octanol–water partition coefficient (Wildman–Crippen LogP) is 5.43. The molecule has 7 heteroatoms. The molecule has 2 atom stereocenters. The summed E-state index contributed by atoms with van der Waals surface area (Å²) in [5.41, 5.74) is 2.36. The summed E-state index contributed by atoms with van der Waals surface area (Å²) < 4.78 is 12.2. The molecule has 148 valence electrons. The van der Waals surface area contributed by atoms with Gasteiger partial charge in [0.25, 0.3) is 0 Å². The molecule has 29 heavy (non-hydrogen) atoms. The van der Waals surface area contributed by atoms with Crippen LogP contribution in [0.1, 0.15) is 13.3 Å². The molecule has 5 rings (SSSR count). The molecule has 1 saturated heterocycles. The van der Waals surface area contributed by atoms with Gasteiger partial charge < -0.3 is 4.90 Å². The molecule has 3 aromatic heterocycles. The predicted molar refractivity (Wildman–Crippen MR) is 125 cm³/mol. The maximum absolute atomic E-state index is 12.2. The van der Waals surface area contributed by atoms with Crippen molar-refractivity contribution >= 4 is 49.5 Å². The minimum atomic E-state index is -0.753. The third-order valence-electron chi connectivity index (χ3n) is 5.37. The number of rotatable bonds is 3. The van der Waals surface area contributed by atoms with Gasteiger partial charge in [0.2, 0.25) is 0 Å². The van der Waals surface area contributed by atoms with Crippen molar-refractivity contribution in [3.05, 3.63) is 53.2 Å². The molecular weight excluding hydrogens is 418 g/mol. The molecule has 4 aromatic rings. The van der Waals surface area contributed by atoms with Crippen LogP contribution in [0.15, 0.2) is 53.2 Å². The summed E-state index contributed by atoms with van der Waals surface area (Å²) in [4.78, 5) is 14.4. The maximum Gasteiger partial charge on any atom is 0.173 e. The van der Waals surface area contributed by atoms with Gasteiger partial charge in [0.15, 0.2) is 5.82 Å². The number of anilines is 1. The minimum absolute atomic E-state index is 0.291. The first-order chi connectivity index (χ1) is 14.2. The van der Waals surface area contributed by atoms with Crippen molar-refractivity contribution in [2.45, 2.75) is 19.4 Å². The van der Waals surface area contributed by atoms with Crippen LogP contribution in [0.4, 0.5) is 5.82 Å². The summed E-state index contributed by atoms with van der Waals surface area (Å²) in [6.45, 7) is 2.98. The summed E-state index contributed by atoms with van der Waals surface area (Å²) >= 11 is 3.33. The van der Waals surface area contributed by atoms with Gasteiger partial charge in [-0.1, -0.05) is 36.4 Å². The number of fused-ring (bicyclic) bond motifs is 1. The van der Waals surface area contributed by atoms with Gasteiger partial charge >= 0.3 is 0 Å². The van der Waals surface area contributed by atoms with E-state index in [-0.39, 0.29) is 0 Å². The minimum Gasteiger partial charge on any atom is -0.352 e. The first kappa shape index (κ1) is 18.9. The Labute approximate surface area is 180 Å². The van der Waals surface area contributed by atoms with Crippen LogP contribution in [0.2, 0.25) is 0 Å². The molecular formula is C22H21N3OS3. The number of nitrogens with zero attached hydrogens (tertiary/aromatic N) is 3. The molecule has 0 spiro atoms. The van der Waals surface area contributed by atoms with Gasteiger partial charge in [-0.2, -0.15) is 0 Å². The number of aromatic nitrogens is 2. The summed E-state index contributed by atoms with van der Waals surface area (Å²) in [5, 5.41) is 5.36. The van der Waals surface area contributed by atoms with Gasteiger partial charge in [-0.25, -0.2) is 9.97 Å². The van der Waals surface area contributed by atoms with Crippen LogP contribution >= 0.6 is 22.7 Å². The van der Waals surface area contributed by atoms with E-state index in [0.717, 1.165) is 45.5 Å². The Bertz CT molecular complexity index is 1150. The Kier molecular flexibility index (Phi) is 5.20. The lowest BCUT2D eigenvalue weighted by atomic mass is 10.1. The molecule has 1 aliphatic rings. The summed E-state index contributed by atoms with van der Waals surface area (Å²) in [7, 11) is -0.753. The second-order valence-electron chi connectivity index (χ2n) is 7.22. The smallest absolute Gasteiger partial charge is 0.173 e. The van der Waals surface area contributed by atoms with E-state index in [1.807, 2.05) is 12.1 Å². The van der Waals surface area contributed by atoms with E-state index >= 15 is 0 Å². The van der Waals surface area contributed by atoms with E-state index in [0.29, 0.717) is 11.8 Å². The molecule has 0 amide bonds. The van der Waals surface area contributed by atoms with Crippen molar-refractivity contribution in [2.75, 3.05) is 23.0 Å². The third-order valence-corrected chi connectivity index (χ3v) is 8.44. The maximum atomic E-state index is 12.2. The van der Waals surface area contributed by atoms with Crippen LogP contribution in [0.25, 0.3) is 32.0 Å². The highest BCUT2D eigenvalue weighted by atomic mass is 32.2. The van der Waals surface area contributed by atoms with Crippen molar-refractivity contribution in [3.63, 3.8) is 0 Å². The molecule has 1 aromatic carbocycles. The van der Waals surface area contributed by atoms with Crippen molar-refractivity contribution in [1.82, 2.24) is 9.97 Å². The second kappa shape index (κ2) is 7.97. The fourth-order valence-electron chi connectivity index (χ4n) is 3.77. The highest BCUT2D eigenvalue weighted by Crippen LogP contribution is 2.40. The Hall–Kier alpha value is -2.09. The van der Waals surface area contributed by atoms with E-state index in [2.05, 4.69) is 52.9 Å². The van der Waals surface area contributed by atoms with Gasteiger partial charge in [0.1, 0.15) is 10.6 Å². The van der Waals surface area contributed by atoms with Crippen molar-refractivity contribution in [3.8, 4) is 21.8 Å². The average molecular weight is 440 g/mol. The van der Waals surface area contributed by atoms with Crippen LogP contribution in [-0.2, 0) is 10.8 Å². The lowest BCUT2D eigenvalue weighted by molar-refractivity contribution is 0.639. The third kappa shape index (κ3) is 3.63. The number of hydrogen-bond donors (Lipinski definition) is 0. The monoisotopic (exact) mass is 439 g/mol. The molecule has 0 bridgehead atoms. The molecule has 0 unspecified atom stereocenters. The first-order valence-corrected chi connectivity index (χ1v) is 13.0. The van der Waals surface area contributed by atoms with Gasteiger partial charge in [0.05, 0.1) is 10.3 Å². The number of benzene rings is 1. The normalized spacial score (nSPS) is 20.1. The zero-order valence-corrected chi connectivity index (χ0v) is 18.5. The Balaban J connectivity index is 1.74. The van der Waals surface area contributed by atoms with Crippen LogP contribution in [0, 0.1) is 0 Å². The Morgan fingerprint density at radius 2 is 1.93 bits per heavy atom. The van der Waals surface area contributed by atoms with Gasteiger partial charge in [-0.3, -0.25) is 4.21 Å². The standard InChI is InChI=1S/C22H21N3OS3/c1-15-9-12-29(26)13-10-25(15)21-19-17(16-6-3-2-4-7-16)14-28-22(19)24-20(23-21)18-8-5-11-27-18/h2-8,11,14-15H,9-10,12-13H2,1H3/t15-,29+/m1/s1. The quantitative estimate of drug-likeness (QED) is 0.427. The van der Waals surface area contributed by atoms with E-state index < -0.39 is 10.8 Å². The van der Waals surface area contributed by atoms with Crippen LogP contribution < -0.4 is 4.90 Å². The topological polar surface area (TPSA) is 46.1 Å². The highest BCUT2D eigenvalue weighted by Gasteiger charge is 2.26. The van der Waals surface area contributed by atoms with E-state index in [4.69, 9.17) is 9.97 Å². The molecule has 4 nitrogen and oxygen atoms in total. The van der Waals surface area contributed by atoms with Crippen LogP contribution in [0.3, 0.4) is 0 Å². The lowest BCUT2D eigenvalue weighted by Crippen LogP contribution is -2.34. The molecule has 1 fully saturated rings. The average Bonchev–Trinajstić information content (AvgIpc) is 3.39. The van der Waals surface area contributed by atoms with E-state index in [1.54, 1.807) is 22.7 Å². The summed E-state index contributed by atoms with van der Waals surface area (Å²) in [6.07, 6.45) is 0.914. The van der Waals surface area contributed by atoms with Crippen molar-refractivity contribution < 1.29 is 4.21 Å². The lowest BCUT2D eigenvalue weighted by Gasteiger charge is -2.29. The fourth-order valence-corrected chi connectivity index (χ4v) is 6.58. The van der Waals surface area contributed by atoms with Gasteiger partial charge in [0, 0.05) is 45.8 Å². The first-order valence-electron chi connectivity index (χ1n) is 9.71. The van der Waals surface area contributed by atoms with Gasteiger partial charge in [-0.05, 0) is 30.4 Å². The van der Waals surface area contributed by atoms with Crippen LogP contribution in [-0.4, -0.2) is 38.3 Å². The molecule has 4 heterocycles. The number of thiophene rings is 2. The Morgan fingerprint density at radius 3 is 2.72 bits per heavy atom.